The zero-order valence-electron chi connectivity index (χ0n) is 21.0. The number of H-pyrrole nitrogens is 1. The number of aryl methyl sites for hydroxylation is 3. The molecule has 1 saturated carbocycles. The van der Waals surface area contributed by atoms with Crippen LogP contribution in [0.3, 0.4) is 0 Å². The van der Waals surface area contributed by atoms with E-state index in [0.29, 0.717) is 5.54 Å². The predicted molar refractivity (Wildman–Crippen MR) is 143 cm³/mol. The quantitative estimate of drug-likeness (QED) is 0.389. The molecular weight excluding hydrogens is 418 g/mol. The molecule has 5 nitrogen and oxygen atoms in total. The van der Waals surface area contributed by atoms with Crippen LogP contribution in [-0.2, 0) is 0 Å². The van der Waals surface area contributed by atoms with Gasteiger partial charge in [0.15, 0.2) is 0 Å². The number of hydrogen-bond donors (Lipinski definition) is 2. The molecule has 2 N–H and O–H groups in total. The lowest BCUT2D eigenvalue weighted by atomic mass is 10.0. The average molecular weight is 454 g/mol. The summed E-state index contributed by atoms with van der Waals surface area (Å²) < 4.78 is 0. The molecule has 0 atom stereocenters. The van der Waals surface area contributed by atoms with Crippen LogP contribution in [-0.4, -0.2) is 40.1 Å². The predicted octanol–water partition coefficient (Wildman–Crippen LogP) is 6.19. The lowest BCUT2D eigenvalue weighted by Crippen LogP contribution is -2.52. The minimum atomic E-state index is 0.360. The van der Waals surface area contributed by atoms with Gasteiger partial charge in [0.2, 0.25) is 0 Å². The van der Waals surface area contributed by atoms with Crippen LogP contribution in [0.5, 0.6) is 0 Å². The molecule has 0 radical (unpaired) electrons. The van der Waals surface area contributed by atoms with E-state index in [4.69, 9.17) is 4.98 Å². The van der Waals surface area contributed by atoms with E-state index in [0.717, 1.165) is 47.9 Å². The SMILES string of the molecule is CC.Cc1cc(-c2[nH]c3cc(-c4ccc(N5CCNC6(CC6)C5)nc4)ccc3c2C)cc(C)n1. The van der Waals surface area contributed by atoms with Gasteiger partial charge >= 0.3 is 0 Å². The lowest BCUT2D eigenvalue weighted by molar-refractivity contribution is 0.440. The maximum Gasteiger partial charge on any atom is 0.128 e. The molecule has 2 fully saturated rings. The van der Waals surface area contributed by atoms with Crippen molar-refractivity contribution in [3.63, 3.8) is 0 Å². The first-order chi connectivity index (χ1) is 16.5. The summed E-state index contributed by atoms with van der Waals surface area (Å²) in [5, 5.41) is 4.93. The minimum Gasteiger partial charge on any atom is -0.354 e. The molecule has 6 rings (SSSR count). The monoisotopic (exact) mass is 453 g/mol. The molecule has 0 amide bonds. The van der Waals surface area contributed by atoms with Gasteiger partial charge in [0.1, 0.15) is 5.82 Å². The Morgan fingerprint density at radius 1 is 0.882 bits per heavy atom. The Morgan fingerprint density at radius 3 is 2.29 bits per heavy atom. The molecule has 0 bridgehead atoms. The van der Waals surface area contributed by atoms with Crippen molar-refractivity contribution < 1.29 is 0 Å². The summed E-state index contributed by atoms with van der Waals surface area (Å²) in [7, 11) is 0. The van der Waals surface area contributed by atoms with E-state index in [1.807, 2.05) is 33.9 Å². The number of anilines is 1. The highest BCUT2D eigenvalue weighted by Gasteiger charge is 2.45. The number of aromatic nitrogens is 3. The number of rotatable bonds is 3. The van der Waals surface area contributed by atoms with Gasteiger partial charge in [-0.1, -0.05) is 26.0 Å². The van der Waals surface area contributed by atoms with Crippen LogP contribution < -0.4 is 10.2 Å². The van der Waals surface area contributed by atoms with Crippen molar-refractivity contribution in [1.29, 1.82) is 0 Å². The maximum absolute atomic E-state index is 4.82. The third-order valence-electron chi connectivity index (χ3n) is 7.06. The normalized spacial score (nSPS) is 16.4. The van der Waals surface area contributed by atoms with Gasteiger partial charge in [0.05, 0.1) is 0 Å². The third-order valence-corrected chi connectivity index (χ3v) is 7.06. The largest absolute Gasteiger partial charge is 0.354 e. The molecule has 4 aromatic rings. The molecule has 3 aromatic heterocycles. The summed E-state index contributed by atoms with van der Waals surface area (Å²) in [4.78, 5) is 15.4. The second-order valence-corrected chi connectivity index (χ2v) is 9.56. The van der Waals surface area contributed by atoms with Crippen molar-refractivity contribution in [3.8, 4) is 22.4 Å². The Hall–Kier alpha value is -3.18. The summed E-state index contributed by atoms with van der Waals surface area (Å²) >= 11 is 0. The molecule has 2 aliphatic rings. The molecule has 34 heavy (non-hydrogen) atoms. The summed E-state index contributed by atoms with van der Waals surface area (Å²) in [5.41, 5.74) is 9.58. The topological polar surface area (TPSA) is 56.8 Å². The second kappa shape index (κ2) is 8.88. The summed E-state index contributed by atoms with van der Waals surface area (Å²) in [6.45, 7) is 13.4. The van der Waals surface area contributed by atoms with Crippen molar-refractivity contribution in [3.05, 3.63) is 65.6 Å². The number of benzene rings is 1. The van der Waals surface area contributed by atoms with E-state index in [1.54, 1.807) is 0 Å². The smallest absolute Gasteiger partial charge is 0.128 e. The molecule has 1 aromatic carbocycles. The van der Waals surface area contributed by atoms with Gasteiger partial charge in [-0.05, 0) is 75.1 Å². The van der Waals surface area contributed by atoms with E-state index in [1.165, 1.54) is 40.6 Å². The molecule has 4 heterocycles. The molecule has 1 aliphatic heterocycles. The first-order valence-electron chi connectivity index (χ1n) is 12.5. The molecule has 1 saturated heterocycles. The van der Waals surface area contributed by atoms with E-state index in [9.17, 15) is 0 Å². The Morgan fingerprint density at radius 2 is 1.62 bits per heavy atom. The van der Waals surface area contributed by atoms with Crippen LogP contribution in [0.15, 0.2) is 48.7 Å². The fourth-order valence-electron chi connectivity index (χ4n) is 5.17. The third kappa shape index (κ3) is 4.21. The van der Waals surface area contributed by atoms with Crippen LogP contribution >= 0.6 is 0 Å². The first-order valence-corrected chi connectivity index (χ1v) is 12.5. The summed E-state index contributed by atoms with van der Waals surface area (Å²) in [6.07, 6.45) is 4.60. The Balaban J connectivity index is 0.00000117. The van der Waals surface area contributed by atoms with Crippen LogP contribution in [0.4, 0.5) is 5.82 Å². The fraction of sp³-hybridized carbons (Fsp3) is 0.379. The molecule has 0 unspecified atom stereocenters. The molecule has 1 aliphatic carbocycles. The van der Waals surface area contributed by atoms with Crippen molar-refractivity contribution >= 4 is 16.7 Å². The first kappa shape index (κ1) is 22.6. The average Bonchev–Trinajstić information content (AvgIpc) is 3.51. The van der Waals surface area contributed by atoms with Crippen molar-refractivity contribution in [2.45, 2.75) is 53.0 Å². The number of nitrogens with zero attached hydrogens (tertiary/aromatic N) is 3. The van der Waals surface area contributed by atoms with Crippen LogP contribution in [0, 0.1) is 20.8 Å². The highest BCUT2D eigenvalue weighted by atomic mass is 15.3. The number of pyridine rings is 2. The maximum atomic E-state index is 4.82. The molecule has 5 heteroatoms. The van der Waals surface area contributed by atoms with Gasteiger partial charge in [0.25, 0.3) is 0 Å². The molecule has 176 valence electrons. The van der Waals surface area contributed by atoms with E-state index in [2.05, 4.69) is 69.6 Å². The zero-order chi connectivity index (χ0) is 23.9. The molecular formula is C29H35N5. The van der Waals surface area contributed by atoms with Gasteiger partial charge < -0.3 is 15.2 Å². The fourth-order valence-corrected chi connectivity index (χ4v) is 5.17. The Labute approximate surface area is 202 Å². The number of hydrogen-bond acceptors (Lipinski definition) is 4. The minimum absolute atomic E-state index is 0.360. The Bertz CT molecular complexity index is 1290. The summed E-state index contributed by atoms with van der Waals surface area (Å²) in [5.74, 6) is 1.09. The number of fused-ring (bicyclic) bond motifs is 1. The number of aromatic amines is 1. The van der Waals surface area contributed by atoms with Gasteiger partial charge in [-0.3, -0.25) is 4.98 Å². The van der Waals surface area contributed by atoms with Gasteiger partial charge in [-0.2, -0.15) is 0 Å². The van der Waals surface area contributed by atoms with Crippen molar-refractivity contribution in [2.24, 2.45) is 0 Å². The second-order valence-electron chi connectivity index (χ2n) is 9.56. The number of piperazine rings is 1. The van der Waals surface area contributed by atoms with Gasteiger partial charge in [-0.25, -0.2) is 4.98 Å². The van der Waals surface area contributed by atoms with E-state index >= 15 is 0 Å². The highest BCUT2D eigenvalue weighted by molar-refractivity contribution is 5.93. The van der Waals surface area contributed by atoms with Crippen LogP contribution in [0.25, 0.3) is 33.3 Å². The van der Waals surface area contributed by atoms with E-state index < -0.39 is 0 Å². The van der Waals surface area contributed by atoms with Crippen LogP contribution in [0.1, 0.15) is 43.6 Å². The van der Waals surface area contributed by atoms with Crippen LogP contribution in [0.2, 0.25) is 0 Å². The Kier molecular flexibility index (Phi) is 5.90. The highest BCUT2D eigenvalue weighted by Crippen LogP contribution is 2.38. The zero-order valence-corrected chi connectivity index (χ0v) is 21.0. The van der Waals surface area contributed by atoms with Crippen molar-refractivity contribution in [1.82, 2.24) is 20.3 Å². The lowest BCUT2D eigenvalue weighted by Gasteiger charge is -2.34. The standard InChI is InChI=1S/C27H29N5.C2H6/c1-17-12-22(13-18(2)30-17)26-19(3)23-6-4-20(14-24(23)31-26)21-5-7-25(28-15-21)32-11-10-29-27(16-32)8-9-27;1-2/h4-7,12-15,29,31H,8-11,16H2,1-3H3;1-2H3. The number of nitrogens with one attached hydrogen (secondary N) is 2. The van der Waals surface area contributed by atoms with Gasteiger partial charge in [0, 0.05) is 70.5 Å². The molecule has 1 spiro atoms. The van der Waals surface area contributed by atoms with Gasteiger partial charge in [-0.15, -0.1) is 0 Å². The van der Waals surface area contributed by atoms with Crippen molar-refractivity contribution in [2.75, 3.05) is 24.5 Å². The summed E-state index contributed by atoms with van der Waals surface area (Å²) in [6, 6.07) is 15.4. The van der Waals surface area contributed by atoms with E-state index in [-0.39, 0.29) is 0 Å².